The van der Waals surface area contributed by atoms with Gasteiger partial charge in [-0.25, -0.2) is 4.79 Å². The number of hydrogen-bond acceptors (Lipinski definition) is 4. The Morgan fingerprint density at radius 3 is 2.65 bits per heavy atom. The van der Waals surface area contributed by atoms with Crippen molar-refractivity contribution in [1.29, 1.82) is 0 Å². The summed E-state index contributed by atoms with van der Waals surface area (Å²) in [6, 6.07) is 11.7. The summed E-state index contributed by atoms with van der Waals surface area (Å²) in [4.78, 5) is 14.7. The maximum Gasteiger partial charge on any atom is 0.323 e. The van der Waals surface area contributed by atoms with Crippen LogP contribution in [0.5, 0.6) is 11.5 Å². The lowest BCUT2D eigenvalue weighted by Crippen LogP contribution is -2.34. The lowest BCUT2D eigenvalue weighted by atomic mass is 10.1. The van der Waals surface area contributed by atoms with Gasteiger partial charge in [-0.3, -0.25) is 0 Å². The van der Waals surface area contributed by atoms with Crippen molar-refractivity contribution in [2.75, 3.05) is 31.8 Å². The molecule has 26 heavy (non-hydrogen) atoms. The highest BCUT2D eigenvalue weighted by molar-refractivity contribution is 7.99. The first-order valence-electron chi connectivity index (χ1n) is 8.52. The standard InChI is InChI=1S/C20H24N2O3S/c1-13-5-8-17(14(2)11-13)21-20(23)22-9-10-26-19(22)16-7-6-15(24-3)12-18(16)25-4/h5-8,11-12,19H,9-10H2,1-4H3,(H,21,23). The number of anilines is 1. The fourth-order valence-corrected chi connectivity index (χ4v) is 4.38. The molecule has 5 nitrogen and oxygen atoms in total. The van der Waals surface area contributed by atoms with Crippen LogP contribution in [0.25, 0.3) is 0 Å². The Labute approximate surface area is 158 Å². The first-order valence-corrected chi connectivity index (χ1v) is 9.56. The van der Waals surface area contributed by atoms with Gasteiger partial charge in [-0.05, 0) is 37.6 Å². The molecule has 0 aromatic heterocycles. The van der Waals surface area contributed by atoms with Crippen LogP contribution < -0.4 is 14.8 Å². The molecule has 0 aliphatic carbocycles. The molecule has 1 unspecified atom stereocenters. The first kappa shape index (κ1) is 18.5. The molecule has 0 spiro atoms. The monoisotopic (exact) mass is 372 g/mol. The topological polar surface area (TPSA) is 50.8 Å². The molecular weight excluding hydrogens is 348 g/mol. The van der Waals surface area contributed by atoms with E-state index in [0.717, 1.165) is 34.1 Å². The van der Waals surface area contributed by atoms with Gasteiger partial charge in [0.25, 0.3) is 0 Å². The average molecular weight is 372 g/mol. The molecule has 0 radical (unpaired) electrons. The number of amides is 2. The van der Waals surface area contributed by atoms with Crippen LogP contribution in [-0.2, 0) is 0 Å². The third-order valence-electron chi connectivity index (χ3n) is 4.48. The van der Waals surface area contributed by atoms with Gasteiger partial charge in [-0.2, -0.15) is 0 Å². The van der Waals surface area contributed by atoms with E-state index in [0.29, 0.717) is 6.54 Å². The molecule has 2 amide bonds. The zero-order chi connectivity index (χ0) is 18.7. The number of hydrogen-bond donors (Lipinski definition) is 1. The second-order valence-corrected chi connectivity index (χ2v) is 7.46. The third kappa shape index (κ3) is 3.75. The smallest absolute Gasteiger partial charge is 0.323 e. The number of carbonyl (C=O) groups is 1. The Morgan fingerprint density at radius 2 is 1.96 bits per heavy atom. The summed E-state index contributed by atoms with van der Waals surface area (Å²) < 4.78 is 10.8. The highest BCUT2D eigenvalue weighted by Gasteiger charge is 2.33. The van der Waals surface area contributed by atoms with Gasteiger partial charge in [0.15, 0.2) is 0 Å². The van der Waals surface area contributed by atoms with Crippen molar-refractivity contribution in [3.05, 3.63) is 53.1 Å². The summed E-state index contributed by atoms with van der Waals surface area (Å²) >= 11 is 1.74. The molecule has 1 N–H and O–H groups in total. The number of thioether (sulfide) groups is 1. The van der Waals surface area contributed by atoms with Gasteiger partial charge in [0.2, 0.25) is 0 Å². The van der Waals surface area contributed by atoms with Gasteiger partial charge in [-0.1, -0.05) is 17.7 Å². The van der Waals surface area contributed by atoms with E-state index in [1.807, 2.05) is 49.1 Å². The maximum absolute atomic E-state index is 12.9. The van der Waals surface area contributed by atoms with E-state index < -0.39 is 0 Å². The van der Waals surface area contributed by atoms with Gasteiger partial charge < -0.3 is 19.7 Å². The second kappa shape index (κ2) is 7.91. The van der Waals surface area contributed by atoms with Gasteiger partial charge in [0, 0.05) is 29.6 Å². The molecule has 1 atom stereocenters. The van der Waals surface area contributed by atoms with E-state index in [1.165, 1.54) is 5.56 Å². The minimum Gasteiger partial charge on any atom is -0.497 e. The van der Waals surface area contributed by atoms with Crippen LogP contribution in [0.4, 0.5) is 10.5 Å². The van der Waals surface area contributed by atoms with Crippen molar-refractivity contribution >= 4 is 23.5 Å². The number of aryl methyl sites for hydroxylation is 2. The van der Waals surface area contributed by atoms with Crippen LogP contribution in [0.15, 0.2) is 36.4 Å². The summed E-state index contributed by atoms with van der Waals surface area (Å²) in [6.45, 7) is 4.74. The molecule has 6 heteroatoms. The minimum atomic E-state index is -0.0928. The van der Waals surface area contributed by atoms with Crippen molar-refractivity contribution < 1.29 is 14.3 Å². The van der Waals surface area contributed by atoms with E-state index in [9.17, 15) is 4.79 Å². The highest BCUT2D eigenvalue weighted by atomic mass is 32.2. The van der Waals surface area contributed by atoms with Crippen LogP contribution in [0, 0.1) is 13.8 Å². The molecule has 138 valence electrons. The number of nitrogens with one attached hydrogen (secondary N) is 1. The normalized spacial score (nSPS) is 16.5. The van der Waals surface area contributed by atoms with Crippen LogP contribution in [-0.4, -0.2) is 37.4 Å². The zero-order valence-electron chi connectivity index (χ0n) is 15.5. The van der Waals surface area contributed by atoms with Gasteiger partial charge in [0.1, 0.15) is 16.9 Å². The molecule has 3 rings (SSSR count). The molecule has 2 aromatic rings. The Hall–Kier alpha value is -2.34. The number of nitrogens with zero attached hydrogens (tertiary/aromatic N) is 1. The van der Waals surface area contributed by atoms with E-state index in [2.05, 4.69) is 11.4 Å². The molecular formula is C20H24N2O3S. The SMILES string of the molecule is COc1ccc(C2SCCN2C(=O)Nc2ccc(C)cc2C)c(OC)c1. The average Bonchev–Trinajstić information content (AvgIpc) is 3.13. The Balaban J connectivity index is 1.82. The van der Waals surface area contributed by atoms with Crippen LogP contribution >= 0.6 is 11.8 Å². The fraction of sp³-hybridized carbons (Fsp3) is 0.350. The summed E-state index contributed by atoms with van der Waals surface area (Å²) in [6.07, 6.45) is 0. The molecule has 1 fully saturated rings. The number of urea groups is 1. The van der Waals surface area contributed by atoms with Crippen LogP contribution in [0.1, 0.15) is 22.1 Å². The van der Waals surface area contributed by atoms with E-state index in [-0.39, 0.29) is 11.4 Å². The minimum absolute atomic E-state index is 0.0818. The molecule has 1 aliphatic heterocycles. The van der Waals surface area contributed by atoms with Crippen molar-refractivity contribution in [2.45, 2.75) is 19.2 Å². The number of rotatable bonds is 4. The van der Waals surface area contributed by atoms with Gasteiger partial charge in [-0.15, -0.1) is 11.8 Å². The Morgan fingerprint density at radius 1 is 1.15 bits per heavy atom. The summed E-state index contributed by atoms with van der Waals surface area (Å²) in [7, 11) is 3.26. The number of ether oxygens (including phenoxy) is 2. The van der Waals surface area contributed by atoms with Crippen LogP contribution in [0.3, 0.4) is 0 Å². The Bertz CT molecular complexity index is 810. The van der Waals surface area contributed by atoms with E-state index in [4.69, 9.17) is 9.47 Å². The summed E-state index contributed by atoms with van der Waals surface area (Å²) in [5, 5.41) is 2.97. The first-order chi connectivity index (χ1) is 12.5. The van der Waals surface area contributed by atoms with E-state index in [1.54, 1.807) is 26.0 Å². The largest absolute Gasteiger partial charge is 0.497 e. The van der Waals surface area contributed by atoms with E-state index >= 15 is 0 Å². The second-order valence-electron chi connectivity index (χ2n) is 6.27. The van der Waals surface area contributed by atoms with Crippen molar-refractivity contribution in [2.24, 2.45) is 0 Å². The lowest BCUT2D eigenvalue weighted by molar-refractivity contribution is 0.213. The van der Waals surface area contributed by atoms with Gasteiger partial charge >= 0.3 is 6.03 Å². The molecule has 0 bridgehead atoms. The summed E-state index contributed by atoms with van der Waals surface area (Å²) in [5.74, 6) is 2.35. The van der Waals surface area contributed by atoms with Crippen molar-refractivity contribution in [3.8, 4) is 11.5 Å². The maximum atomic E-state index is 12.9. The molecule has 1 saturated heterocycles. The van der Waals surface area contributed by atoms with Crippen LogP contribution in [0.2, 0.25) is 0 Å². The summed E-state index contributed by atoms with van der Waals surface area (Å²) in [5.41, 5.74) is 4.06. The fourth-order valence-electron chi connectivity index (χ4n) is 3.10. The third-order valence-corrected chi connectivity index (χ3v) is 5.72. The number of methoxy groups -OCH3 is 2. The highest BCUT2D eigenvalue weighted by Crippen LogP contribution is 2.43. The van der Waals surface area contributed by atoms with Crippen molar-refractivity contribution in [1.82, 2.24) is 4.90 Å². The quantitative estimate of drug-likeness (QED) is 0.852. The predicted octanol–water partition coefficient (Wildman–Crippen LogP) is 4.60. The van der Waals surface area contributed by atoms with Crippen molar-refractivity contribution in [3.63, 3.8) is 0 Å². The van der Waals surface area contributed by atoms with Gasteiger partial charge in [0.05, 0.1) is 14.2 Å². The number of benzene rings is 2. The molecule has 2 aromatic carbocycles. The zero-order valence-corrected chi connectivity index (χ0v) is 16.4. The lowest BCUT2D eigenvalue weighted by Gasteiger charge is -2.26. The molecule has 0 saturated carbocycles. The molecule has 1 heterocycles. The predicted molar refractivity (Wildman–Crippen MR) is 106 cm³/mol. The Kier molecular flexibility index (Phi) is 5.61. The number of carbonyl (C=O) groups excluding carboxylic acids is 1. The molecule has 1 aliphatic rings.